The average molecular weight is 332 g/mol. The van der Waals surface area contributed by atoms with E-state index in [4.69, 9.17) is 4.74 Å². The van der Waals surface area contributed by atoms with E-state index in [1.807, 2.05) is 0 Å². The number of hydrogen-bond donors (Lipinski definition) is 2. The molecule has 120 valence electrons. The van der Waals surface area contributed by atoms with Crippen LogP contribution in [0.15, 0.2) is 16.3 Å². The predicted octanol–water partition coefficient (Wildman–Crippen LogP) is 2.09. The van der Waals surface area contributed by atoms with Gasteiger partial charge in [-0.15, -0.1) is 11.3 Å². The van der Waals surface area contributed by atoms with E-state index in [0.717, 1.165) is 43.6 Å². The lowest BCUT2D eigenvalue weighted by molar-refractivity contribution is 0.0916. The lowest BCUT2D eigenvalue weighted by atomic mass is 10.2. The van der Waals surface area contributed by atoms with Crippen LogP contribution in [0.25, 0.3) is 0 Å². The molecule has 1 aliphatic carbocycles. The summed E-state index contributed by atoms with van der Waals surface area (Å²) in [6, 6.07) is 1.65. The van der Waals surface area contributed by atoms with E-state index >= 15 is 0 Å². The van der Waals surface area contributed by atoms with Crippen LogP contribution in [0.5, 0.6) is 0 Å². The van der Waals surface area contributed by atoms with Crippen molar-refractivity contribution in [3.63, 3.8) is 0 Å². The van der Waals surface area contributed by atoms with Crippen LogP contribution in [0, 0.1) is 0 Å². The molecule has 7 heteroatoms. The van der Waals surface area contributed by atoms with Crippen LogP contribution in [-0.4, -0.2) is 34.2 Å². The number of ether oxygens (including phenoxy) is 1. The Labute approximate surface area is 131 Å². The van der Waals surface area contributed by atoms with Gasteiger partial charge in [-0.1, -0.05) is 6.92 Å². The summed E-state index contributed by atoms with van der Waals surface area (Å²) in [6.07, 6.45) is 3.82. The highest BCUT2D eigenvalue weighted by atomic mass is 32.2. The summed E-state index contributed by atoms with van der Waals surface area (Å²) < 4.78 is 33.0. The fraction of sp³-hybridized carbons (Fsp3) is 0.714. The molecule has 2 atom stereocenters. The maximum absolute atomic E-state index is 12.4. The highest BCUT2D eigenvalue weighted by Crippen LogP contribution is 2.25. The first kappa shape index (κ1) is 16.9. The minimum absolute atomic E-state index is 0.0101. The van der Waals surface area contributed by atoms with E-state index in [2.05, 4.69) is 17.0 Å². The Balaban J connectivity index is 1.99. The molecule has 21 heavy (non-hydrogen) atoms. The van der Waals surface area contributed by atoms with Gasteiger partial charge in [0.15, 0.2) is 0 Å². The Kier molecular flexibility index (Phi) is 6.19. The van der Waals surface area contributed by atoms with Crippen LogP contribution in [0.2, 0.25) is 0 Å². The molecule has 0 saturated heterocycles. The van der Waals surface area contributed by atoms with Crippen molar-refractivity contribution in [2.24, 2.45) is 0 Å². The topological polar surface area (TPSA) is 67.4 Å². The minimum atomic E-state index is -3.44. The number of sulfonamides is 1. The number of nitrogens with one attached hydrogen (secondary N) is 2. The molecular formula is C14H24N2O3S2. The molecule has 0 aliphatic heterocycles. The molecule has 1 aliphatic rings. The second-order valence-electron chi connectivity index (χ2n) is 5.36. The second kappa shape index (κ2) is 7.69. The fourth-order valence-electron chi connectivity index (χ4n) is 2.59. The number of hydrogen-bond acceptors (Lipinski definition) is 5. The van der Waals surface area contributed by atoms with Crippen LogP contribution >= 0.6 is 11.3 Å². The Morgan fingerprint density at radius 2 is 2.24 bits per heavy atom. The first-order valence-electron chi connectivity index (χ1n) is 7.40. The first-order chi connectivity index (χ1) is 10.1. The van der Waals surface area contributed by atoms with Crippen molar-refractivity contribution in [3.8, 4) is 0 Å². The van der Waals surface area contributed by atoms with Crippen LogP contribution in [0.4, 0.5) is 0 Å². The summed E-state index contributed by atoms with van der Waals surface area (Å²) in [6.45, 7) is 3.77. The quantitative estimate of drug-likeness (QED) is 0.715. The largest absolute Gasteiger partial charge is 0.380 e. The third-order valence-electron chi connectivity index (χ3n) is 3.73. The average Bonchev–Trinajstić information content (AvgIpc) is 3.08. The third kappa shape index (κ3) is 4.50. The molecule has 2 N–H and O–H groups in total. The number of thiophene rings is 1. The van der Waals surface area contributed by atoms with E-state index in [0.29, 0.717) is 4.90 Å². The van der Waals surface area contributed by atoms with Gasteiger partial charge in [-0.25, -0.2) is 13.1 Å². The van der Waals surface area contributed by atoms with Gasteiger partial charge >= 0.3 is 0 Å². The molecule has 5 nitrogen and oxygen atoms in total. The summed E-state index contributed by atoms with van der Waals surface area (Å²) >= 11 is 1.48. The van der Waals surface area contributed by atoms with E-state index in [9.17, 15) is 8.42 Å². The molecule has 1 aromatic heterocycles. The highest BCUT2D eigenvalue weighted by Gasteiger charge is 2.31. The van der Waals surface area contributed by atoms with Crippen molar-refractivity contribution in [3.05, 3.63) is 16.3 Å². The summed E-state index contributed by atoms with van der Waals surface area (Å²) in [7, 11) is -1.81. The van der Waals surface area contributed by atoms with Crippen LogP contribution in [0.3, 0.4) is 0 Å². The number of rotatable bonds is 8. The predicted molar refractivity (Wildman–Crippen MR) is 85.1 cm³/mol. The molecule has 1 heterocycles. The van der Waals surface area contributed by atoms with Gasteiger partial charge in [0.25, 0.3) is 0 Å². The Morgan fingerprint density at radius 1 is 1.43 bits per heavy atom. The van der Waals surface area contributed by atoms with E-state index < -0.39 is 10.0 Å². The monoisotopic (exact) mass is 332 g/mol. The molecule has 1 saturated carbocycles. The summed E-state index contributed by atoms with van der Waals surface area (Å²) in [5.41, 5.74) is 0. The van der Waals surface area contributed by atoms with Crippen LogP contribution in [-0.2, 0) is 21.3 Å². The van der Waals surface area contributed by atoms with E-state index in [1.54, 1.807) is 18.6 Å². The SMILES string of the molecule is CCCNCc1cc(S(=O)(=O)NC2CCCC2OC)cs1. The van der Waals surface area contributed by atoms with Crippen molar-refractivity contribution in [2.45, 2.75) is 56.2 Å². The molecular weight excluding hydrogens is 308 g/mol. The molecule has 0 amide bonds. The fourth-order valence-corrected chi connectivity index (χ4v) is 5.14. The van der Waals surface area contributed by atoms with Gasteiger partial charge in [0, 0.05) is 30.0 Å². The molecule has 2 rings (SSSR count). The Bertz CT molecular complexity index is 542. The van der Waals surface area contributed by atoms with Gasteiger partial charge in [0.1, 0.15) is 0 Å². The van der Waals surface area contributed by atoms with Crippen LogP contribution in [0.1, 0.15) is 37.5 Å². The van der Waals surface area contributed by atoms with Gasteiger partial charge in [-0.2, -0.15) is 0 Å². The summed E-state index contributed by atoms with van der Waals surface area (Å²) in [4.78, 5) is 1.40. The minimum Gasteiger partial charge on any atom is -0.380 e. The zero-order valence-electron chi connectivity index (χ0n) is 12.6. The standard InChI is InChI=1S/C14H24N2O3S2/c1-3-7-15-9-11-8-12(10-20-11)21(17,18)16-13-5-4-6-14(13)19-2/h8,10,13-16H,3-7,9H2,1-2H3. The van der Waals surface area contributed by atoms with Gasteiger partial charge < -0.3 is 10.1 Å². The van der Waals surface area contributed by atoms with Gasteiger partial charge in [-0.05, 0) is 38.3 Å². The van der Waals surface area contributed by atoms with Crippen molar-refractivity contribution < 1.29 is 13.2 Å². The zero-order chi connectivity index (χ0) is 15.3. The summed E-state index contributed by atoms with van der Waals surface area (Å²) in [5, 5.41) is 4.99. The maximum Gasteiger partial charge on any atom is 0.241 e. The third-order valence-corrected chi connectivity index (χ3v) is 6.28. The normalized spacial score (nSPS) is 22.8. The van der Waals surface area contributed by atoms with Crippen molar-refractivity contribution in [1.29, 1.82) is 0 Å². The Morgan fingerprint density at radius 3 is 2.95 bits per heavy atom. The van der Waals surface area contributed by atoms with Gasteiger partial charge in [0.05, 0.1) is 11.0 Å². The smallest absolute Gasteiger partial charge is 0.241 e. The lowest BCUT2D eigenvalue weighted by Crippen LogP contribution is -2.40. The number of methoxy groups -OCH3 is 1. The lowest BCUT2D eigenvalue weighted by Gasteiger charge is -2.19. The second-order valence-corrected chi connectivity index (χ2v) is 8.07. The van der Waals surface area contributed by atoms with Crippen molar-refractivity contribution >= 4 is 21.4 Å². The molecule has 0 spiro atoms. The molecule has 0 aromatic carbocycles. The molecule has 0 bridgehead atoms. The molecule has 0 radical (unpaired) electrons. The molecule has 1 fully saturated rings. The van der Waals surface area contributed by atoms with Gasteiger partial charge in [0.2, 0.25) is 10.0 Å². The summed E-state index contributed by atoms with van der Waals surface area (Å²) in [5.74, 6) is 0. The maximum atomic E-state index is 12.4. The van der Waals surface area contributed by atoms with Crippen molar-refractivity contribution in [2.75, 3.05) is 13.7 Å². The van der Waals surface area contributed by atoms with E-state index in [1.165, 1.54) is 11.3 Å². The van der Waals surface area contributed by atoms with E-state index in [-0.39, 0.29) is 12.1 Å². The zero-order valence-corrected chi connectivity index (χ0v) is 14.2. The highest BCUT2D eigenvalue weighted by molar-refractivity contribution is 7.89. The molecule has 2 unspecified atom stereocenters. The molecule has 1 aromatic rings. The first-order valence-corrected chi connectivity index (χ1v) is 9.76. The Hall–Kier alpha value is -0.470. The van der Waals surface area contributed by atoms with Crippen LogP contribution < -0.4 is 10.0 Å². The van der Waals surface area contributed by atoms with Gasteiger partial charge in [-0.3, -0.25) is 0 Å². The van der Waals surface area contributed by atoms with Crippen molar-refractivity contribution in [1.82, 2.24) is 10.0 Å².